The van der Waals surface area contributed by atoms with Crippen molar-refractivity contribution in [3.63, 3.8) is 0 Å². The van der Waals surface area contributed by atoms with Crippen molar-refractivity contribution in [3.8, 4) is 0 Å². The van der Waals surface area contributed by atoms with Gasteiger partial charge < -0.3 is 10.0 Å². The van der Waals surface area contributed by atoms with Gasteiger partial charge in [0.1, 0.15) is 5.82 Å². The van der Waals surface area contributed by atoms with Gasteiger partial charge in [-0.1, -0.05) is 18.2 Å². The average molecular weight is 277 g/mol. The second kappa shape index (κ2) is 6.32. The molecule has 1 heterocycles. The van der Waals surface area contributed by atoms with Crippen molar-refractivity contribution in [1.82, 2.24) is 4.90 Å². The molecule has 106 valence electrons. The molecule has 20 heavy (non-hydrogen) atoms. The minimum Gasteiger partial charge on any atom is -0.481 e. The molecule has 1 amide bonds. The average Bonchev–Trinajstić information content (AvgIpc) is 2.46. The van der Waals surface area contributed by atoms with Gasteiger partial charge in [0.15, 0.2) is 0 Å². The molecule has 1 aromatic carbocycles. The Kier molecular flexibility index (Phi) is 4.50. The first-order valence-electron chi connectivity index (χ1n) is 6.52. The van der Waals surface area contributed by atoms with Crippen LogP contribution in [-0.2, 0) is 9.59 Å². The molecular weight excluding hydrogens is 261 g/mol. The predicted molar refractivity (Wildman–Crippen MR) is 72.4 cm³/mol. The van der Waals surface area contributed by atoms with Gasteiger partial charge >= 0.3 is 5.97 Å². The highest BCUT2D eigenvalue weighted by Crippen LogP contribution is 2.18. The molecule has 1 saturated heterocycles. The molecule has 1 aliphatic heterocycles. The molecule has 4 nitrogen and oxygen atoms in total. The van der Waals surface area contributed by atoms with Gasteiger partial charge in [0, 0.05) is 24.7 Å². The van der Waals surface area contributed by atoms with Gasteiger partial charge in [-0.05, 0) is 25.0 Å². The standard InChI is InChI=1S/C15H16FNO3/c16-13-4-2-1-3-11(13)5-6-14(18)17-9-7-12(8-10-17)15(19)20/h1-6,12H,7-10H2,(H,19,20). The lowest BCUT2D eigenvalue weighted by Crippen LogP contribution is -2.39. The Hall–Kier alpha value is -2.17. The van der Waals surface area contributed by atoms with Crippen LogP contribution in [-0.4, -0.2) is 35.0 Å². The molecular formula is C15H16FNO3. The molecule has 0 saturated carbocycles. The summed E-state index contributed by atoms with van der Waals surface area (Å²) in [6, 6.07) is 6.22. The van der Waals surface area contributed by atoms with Crippen LogP contribution in [0.1, 0.15) is 18.4 Å². The molecule has 5 heteroatoms. The van der Waals surface area contributed by atoms with Crippen molar-refractivity contribution >= 4 is 18.0 Å². The van der Waals surface area contributed by atoms with Crippen LogP contribution in [0.25, 0.3) is 6.08 Å². The van der Waals surface area contributed by atoms with E-state index in [1.807, 2.05) is 0 Å². The number of carboxylic acid groups (broad SMARTS) is 1. The highest BCUT2D eigenvalue weighted by atomic mass is 19.1. The number of carbonyl (C=O) groups is 2. The van der Waals surface area contributed by atoms with Gasteiger partial charge in [-0.25, -0.2) is 4.39 Å². The van der Waals surface area contributed by atoms with Crippen LogP contribution in [0.4, 0.5) is 4.39 Å². The van der Waals surface area contributed by atoms with Crippen molar-refractivity contribution in [2.24, 2.45) is 5.92 Å². The van der Waals surface area contributed by atoms with E-state index in [1.54, 1.807) is 23.1 Å². The molecule has 2 rings (SSSR count). The van der Waals surface area contributed by atoms with Gasteiger partial charge in [-0.2, -0.15) is 0 Å². The fraction of sp³-hybridized carbons (Fsp3) is 0.333. The molecule has 0 aliphatic carbocycles. The summed E-state index contributed by atoms with van der Waals surface area (Å²) in [5.41, 5.74) is 0.362. The smallest absolute Gasteiger partial charge is 0.306 e. The third kappa shape index (κ3) is 3.44. The maximum Gasteiger partial charge on any atom is 0.306 e. The van der Waals surface area contributed by atoms with Crippen LogP contribution >= 0.6 is 0 Å². The second-order valence-electron chi connectivity index (χ2n) is 4.79. The largest absolute Gasteiger partial charge is 0.481 e. The highest BCUT2D eigenvalue weighted by molar-refractivity contribution is 5.92. The van der Waals surface area contributed by atoms with Crippen LogP contribution < -0.4 is 0 Å². The lowest BCUT2D eigenvalue weighted by atomic mass is 9.97. The Bertz CT molecular complexity index is 534. The number of carboxylic acids is 1. The van der Waals surface area contributed by atoms with E-state index in [0.29, 0.717) is 31.5 Å². The molecule has 0 bridgehead atoms. The maximum atomic E-state index is 13.4. The number of likely N-dealkylation sites (tertiary alicyclic amines) is 1. The number of hydrogen-bond acceptors (Lipinski definition) is 2. The molecule has 1 aromatic rings. The van der Waals surface area contributed by atoms with Crippen LogP contribution in [0.5, 0.6) is 0 Å². The molecule has 0 atom stereocenters. The first-order valence-corrected chi connectivity index (χ1v) is 6.52. The summed E-state index contributed by atoms with van der Waals surface area (Å²) in [5.74, 6) is -1.76. The minimum absolute atomic E-state index is 0.211. The van der Waals surface area contributed by atoms with E-state index < -0.39 is 5.97 Å². The first-order chi connectivity index (χ1) is 9.58. The Morgan fingerprint density at radius 2 is 1.90 bits per heavy atom. The number of hydrogen-bond donors (Lipinski definition) is 1. The van der Waals surface area contributed by atoms with E-state index in [0.717, 1.165) is 0 Å². The monoisotopic (exact) mass is 277 g/mol. The van der Waals surface area contributed by atoms with Crippen LogP contribution in [0.3, 0.4) is 0 Å². The molecule has 0 unspecified atom stereocenters. The summed E-state index contributed by atoms with van der Waals surface area (Å²) in [6.45, 7) is 0.856. The Balaban J connectivity index is 1.93. The Labute approximate surface area is 116 Å². The zero-order chi connectivity index (χ0) is 14.5. The highest BCUT2D eigenvalue weighted by Gasteiger charge is 2.25. The maximum absolute atomic E-state index is 13.4. The molecule has 1 fully saturated rings. The quantitative estimate of drug-likeness (QED) is 0.861. The number of halogens is 1. The lowest BCUT2D eigenvalue weighted by Gasteiger charge is -2.29. The summed E-state index contributed by atoms with van der Waals surface area (Å²) in [5, 5.41) is 8.89. The molecule has 0 radical (unpaired) electrons. The SMILES string of the molecule is O=C(O)C1CCN(C(=O)C=Cc2ccccc2F)CC1. The van der Waals surface area contributed by atoms with Crippen molar-refractivity contribution < 1.29 is 19.1 Å². The Morgan fingerprint density at radius 1 is 1.25 bits per heavy atom. The molecule has 1 aliphatic rings. The van der Waals surface area contributed by atoms with Gasteiger partial charge in [0.05, 0.1) is 5.92 Å². The number of amides is 1. The predicted octanol–water partition coefficient (Wildman–Crippen LogP) is 2.16. The third-order valence-corrected chi connectivity index (χ3v) is 3.47. The normalized spacial score (nSPS) is 16.6. The molecule has 1 N–H and O–H groups in total. The number of nitrogens with zero attached hydrogens (tertiary/aromatic N) is 1. The fourth-order valence-corrected chi connectivity index (χ4v) is 2.22. The summed E-state index contributed by atoms with van der Waals surface area (Å²) in [4.78, 5) is 24.3. The second-order valence-corrected chi connectivity index (χ2v) is 4.79. The van der Waals surface area contributed by atoms with Crippen LogP contribution in [0.15, 0.2) is 30.3 Å². The number of aliphatic carboxylic acids is 1. The van der Waals surface area contributed by atoms with E-state index in [2.05, 4.69) is 0 Å². The van der Waals surface area contributed by atoms with Crippen molar-refractivity contribution in [1.29, 1.82) is 0 Å². The third-order valence-electron chi connectivity index (χ3n) is 3.47. The van der Waals surface area contributed by atoms with Crippen molar-refractivity contribution in [2.75, 3.05) is 13.1 Å². The number of rotatable bonds is 3. The van der Waals surface area contributed by atoms with Gasteiger partial charge in [-0.3, -0.25) is 9.59 Å². The van der Waals surface area contributed by atoms with Crippen molar-refractivity contribution in [3.05, 3.63) is 41.7 Å². The van der Waals surface area contributed by atoms with Crippen LogP contribution in [0, 0.1) is 11.7 Å². The fourth-order valence-electron chi connectivity index (χ4n) is 2.22. The van der Waals surface area contributed by atoms with E-state index in [-0.39, 0.29) is 17.6 Å². The number of benzene rings is 1. The minimum atomic E-state index is -0.806. The van der Waals surface area contributed by atoms with E-state index in [9.17, 15) is 14.0 Å². The Morgan fingerprint density at radius 3 is 2.50 bits per heavy atom. The van der Waals surface area contributed by atoms with Gasteiger partial charge in [-0.15, -0.1) is 0 Å². The summed E-state index contributed by atoms with van der Waals surface area (Å²) >= 11 is 0. The first kappa shape index (κ1) is 14.2. The molecule has 0 aromatic heterocycles. The number of carbonyl (C=O) groups excluding carboxylic acids is 1. The lowest BCUT2D eigenvalue weighted by molar-refractivity contribution is -0.144. The zero-order valence-corrected chi connectivity index (χ0v) is 11.0. The van der Waals surface area contributed by atoms with Gasteiger partial charge in [0.25, 0.3) is 0 Å². The van der Waals surface area contributed by atoms with E-state index in [1.165, 1.54) is 18.2 Å². The molecule has 0 spiro atoms. The van der Waals surface area contributed by atoms with Crippen LogP contribution in [0.2, 0.25) is 0 Å². The van der Waals surface area contributed by atoms with Gasteiger partial charge in [0.2, 0.25) is 5.91 Å². The summed E-state index contributed by atoms with van der Waals surface area (Å²) in [6.07, 6.45) is 3.71. The summed E-state index contributed by atoms with van der Waals surface area (Å²) in [7, 11) is 0. The number of piperidine rings is 1. The topological polar surface area (TPSA) is 57.6 Å². The van der Waals surface area contributed by atoms with Crippen molar-refractivity contribution in [2.45, 2.75) is 12.8 Å². The summed E-state index contributed by atoms with van der Waals surface area (Å²) < 4.78 is 13.4. The van der Waals surface area contributed by atoms with E-state index >= 15 is 0 Å². The van der Waals surface area contributed by atoms with E-state index in [4.69, 9.17) is 5.11 Å². The zero-order valence-electron chi connectivity index (χ0n) is 11.0.